The number of nitrogens with zero attached hydrogens (tertiary/aromatic N) is 1. The van der Waals surface area contributed by atoms with Crippen LogP contribution in [0.25, 0.3) is 0 Å². The van der Waals surface area contributed by atoms with Crippen molar-refractivity contribution < 1.29 is 18.8 Å². The van der Waals surface area contributed by atoms with Crippen molar-refractivity contribution in [3.63, 3.8) is 0 Å². The number of rotatable bonds is 5. The summed E-state index contributed by atoms with van der Waals surface area (Å²) in [5, 5.41) is 5.17. The molecular weight excluding hydrogens is 325 g/mol. The third-order valence-electron chi connectivity index (χ3n) is 3.29. The molecule has 0 bridgehead atoms. The van der Waals surface area contributed by atoms with Crippen molar-refractivity contribution in [1.29, 1.82) is 0 Å². The second kappa shape index (κ2) is 8.05. The Bertz CT molecular complexity index is 790. The fourth-order valence-corrected chi connectivity index (χ4v) is 2.22. The molecular formula is C18H18FN3O3. The van der Waals surface area contributed by atoms with Gasteiger partial charge < -0.3 is 15.5 Å². The lowest BCUT2D eigenvalue weighted by molar-refractivity contribution is -0.120. The predicted octanol–water partition coefficient (Wildman–Crippen LogP) is 2.78. The molecule has 0 atom stereocenters. The van der Waals surface area contributed by atoms with E-state index in [1.165, 1.54) is 36.9 Å². The highest BCUT2D eigenvalue weighted by atomic mass is 19.1. The van der Waals surface area contributed by atoms with Gasteiger partial charge in [0.25, 0.3) is 0 Å². The van der Waals surface area contributed by atoms with Crippen LogP contribution in [-0.2, 0) is 14.4 Å². The summed E-state index contributed by atoms with van der Waals surface area (Å²) >= 11 is 0. The standard InChI is InChI=1S/C18H18FN3O3/c1-12(23)20-15-6-8-17(9-7-15)22(13(2)24)11-18(25)21-16-5-3-4-14(19)10-16/h3-10H,11H2,1-2H3,(H,20,23)(H,21,25). The van der Waals surface area contributed by atoms with Crippen molar-refractivity contribution in [3.05, 3.63) is 54.3 Å². The molecule has 130 valence electrons. The van der Waals surface area contributed by atoms with E-state index in [2.05, 4.69) is 10.6 Å². The van der Waals surface area contributed by atoms with Gasteiger partial charge in [-0.25, -0.2) is 4.39 Å². The molecule has 0 aliphatic carbocycles. The molecule has 6 nitrogen and oxygen atoms in total. The molecule has 2 N–H and O–H groups in total. The SMILES string of the molecule is CC(=O)Nc1ccc(N(CC(=O)Nc2cccc(F)c2)C(C)=O)cc1. The van der Waals surface area contributed by atoms with E-state index in [0.717, 1.165) is 0 Å². The van der Waals surface area contributed by atoms with Crippen molar-refractivity contribution >= 4 is 34.8 Å². The summed E-state index contributed by atoms with van der Waals surface area (Å²) < 4.78 is 13.2. The molecule has 0 aliphatic heterocycles. The van der Waals surface area contributed by atoms with E-state index in [1.54, 1.807) is 30.3 Å². The minimum atomic E-state index is -0.463. The summed E-state index contributed by atoms with van der Waals surface area (Å²) in [5.74, 6) is -1.44. The first kappa shape index (κ1) is 18.1. The van der Waals surface area contributed by atoms with Crippen LogP contribution < -0.4 is 15.5 Å². The van der Waals surface area contributed by atoms with E-state index in [-0.39, 0.29) is 18.4 Å². The maximum Gasteiger partial charge on any atom is 0.244 e. The summed E-state index contributed by atoms with van der Waals surface area (Å²) in [6.07, 6.45) is 0. The molecule has 0 spiro atoms. The maximum atomic E-state index is 13.2. The van der Waals surface area contributed by atoms with Gasteiger partial charge in [-0.05, 0) is 42.5 Å². The second-order valence-electron chi connectivity index (χ2n) is 5.39. The Balaban J connectivity index is 2.08. The number of nitrogens with one attached hydrogen (secondary N) is 2. The van der Waals surface area contributed by atoms with Gasteiger partial charge in [0.1, 0.15) is 12.4 Å². The average Bonchev–Trinajstić information content (AvgIpc) is 2.53. The monoisotopic (exact) mass is 343 g/mol. The van der Waals surface area contributed by atoms with Gasteiger partial charge in [-0.15, -0.1) is 0 Å². The Morgan fingerprint density at radius 1 is 0.960 bits per heavy atom. The number of hydrogen-bond acceptors (Lipinski definition) is 3. The van der Waals surface area contributed by atoms with Crippen LogP contribution in [0, 0.1) is 5.82 Å². The van der Waals surface area contributed by atoms with Crippen LogP contribution in [0.3, 0.4) is 0 Å². The highest BCUT2D eigenvalue weighted by Crippen LogP contribution is 2.18. The molecule has 0 saturated carbocycles. The van der Waals surface area contributed by atoms with Crippen LogP contribution in [0.1, 0.15) is 13.8 Å². The zero-order chi connectivity index (χ0) is 18.4. The van der Waals surface area contributed by atoms with E-state index in [4.69, 9.17) is 0 Å². The quantitative estimate of drug-likeness (QED) is 0.876. The lowest BCUT2D eigenvalue weighted by Crippen LogP contribution is -2.36. The maximum absolute atomic E-state index is 13.2. The molecule has 2 rings (SSSR count). The van der Waals surface area contributed by atoms with Crippen molar-refractivity contribution in [3.8, 4) is 0 Å². The highest BCUT2D eigenvalue weighted by molar-refractivity contribution is 6.02. The third kappa shape index (κ3) is 5.42. The molecule has 0 heterocycles. The normalized spacial score (nSPS) is 10.0. The number of amides is 3. The largest absolute Gasteiger partial charge is 0.326 e. The molecule has 3 amide bonds. The van der Waals surface area contributed by atoms with Crippen molar-refractivity contribution in [2.75, 3.05) is 22.1 Å². The topological polar surface area (TPSA) is 78.5 Å². The van der Waals surface area contributed by atoms with E-state index in [1.807, 2.05) is 0 Å². The lowest BCUT2D eigenvalue weighted by atomic mass is 10.2. The number of halogens is 1. The van der Waals surface area contributed by atoms with E-state index in [0.29, 0.717) is 17.1 Å². The minimum Gasteiger partial charge on any atom is -0.326 e. The molecule has 0 aliphatic rings. The number of benzene rings is 2. The Morgan fingerprint density at radius 2 is 1.64 bits per heavy atom. The average molecular weight is 343 g/mol. The molecule has 0 radical (unpaired) electrons. The fraction of sp³-hybridized carbons (Fsp3) is 0.167. The summed E-state index contributed by atoms with van der Waals surface area (Å²) in [6, 6.07) is 12.0. The Labute approximate surface area is 144 Å². The Kier molecular flexibility index (Phi) is 5.84. The number of hydrogen-bond donors (Lipinski definition) is 2. The molecule has 0 fully saturated rings. The number of anilines is 3. The van der Waals surface area contributed by atoms with Gasteiger partial charge in [0, 0.05) is 30.9 Å². The Hall–Kier alpha value is -3.22. The fourth-order valence-electron chi connectivity index (χ4n) is 2.22. The van der Waals surface area contributed by atoms with Gasteiger partial charge in [-0.3, -0.25) is 14.4 Å². The van der Waals surface area contributed by atoms with Gasteiger partial charge in [-0.2, -0.15) is 0 Å². The zero-order valence-corrected chi connectivity index (χ0v) is 13.9. The van der Waals surface area contributed by atoms with E-state index < -0.39 is 11.7 Å². The minimum absolute atomic E-state index is 0.203. The molecule has 7 heteroatoms. The predicted molar refractivity (Wildman–Crippen MR) is 93.8 cm³/mol. The summed E-state index contributed by atoms with van der Waals surface area (Å²) in [4.78, 5) is 36.3. The van der Waals surface area contributed by atoms with Gasteiger partial charge in [0.2, 0.25) is 17.7 Å². The van der Waals surface area contributed by atoms with Crippen LogP contribution in [-0.4, -0.2) is 24.3 Å². The van der Waals surface area contributed by atoms with Crippen LogP contribution in [0.2, 0.25) is 0 Å². The van der Waals surface area contributed by atoms with Crippen molar-refractivity contribution in [1.82, 2.24) is 0 Å². The molecule has 2 aromatic carbocycles. The molecule has 2 aromatic rings. The highest BCUT2D eigenvalue weighted by Gasteiger charge is 2.16. The summed E-state index contributed by atoms with van der Waals surface area (Å²) in [7, 11) is 0. The second-order valence-corrected chi connectivity index (χ2v) is 5.39. The van der Waals surface area contributed by atoms with Gasteiger partial charge in [0.05, 0.1) is 0 Å². The third-order valence-corrected chi connectivity index (χ3v) is 3.29. The lowest BCUT2D eigenvalue weighted by Gasteiger charge is -2.21. The summed E-state index contributed by atoms with van der Waals surface area (Å²) in [6.45, 7) is 2.52. The van der Waals surface area contributed by atoms with Gasteiger partial charge in [0.15, 0.2) is 0 Å². The number of carbonyl (C=O) groups is 3. The van der Waals surface area contributed by atoms with E-state index >= 15 is 0 Å². The Morgan fingerprint density at radius 3 is 2.20 bits per heavy atom. The molecule has 0 unspecified atom stereocenters. The van der Waals surface area contributed by atoms with Gasteiger partial charge >= 0.3 is 0 Å². The van der Waals surface area contributed by atoms with Crippen molar-refractivity contribution in [2.24, 2.45) is 0 Å². The molecule has 0 aromatic heterocycles. The molecule has 0 saturated heterocycles. The summed E-state index contributed by atoms with van der Waals surface area (Å²) in [5.41, 5.74) is 1.41. The van der Waals surface area contributed by atoms with Gasteiger partial charge in [-0.1, -0.05) is 6.07 Å². The number of carbonyl (C=O) groups excluding carboxylic acids is 3. The van der Waals surface area contributed by atoms with E-state index in [9.17, 15) is 18.8 Å². The van der Waals surface area contributed by atoms with Crippen LogP contribution in [0.5, 0.6) is 0 Å². The first-order valence-corrected chi connectivity index (χ1v) is 7.56. The zero-order valence-electron chi connectivity index (χ0n) is 13.9. The molecule has 25 heavy (non-hydrogen) atoms. The first-order chi connectivity index (χ1) is 11.8. The van der Waals surface area contributed by atoms with Crippen molar-refractivity contribution in [2.45, 2.75) is 13.8 Å². The van der Waals surface area contributed by atoms with Crippen LogP contribution >= 0.6 is 0 Å². The van der Waals surface area contributed by atoms with Crippen LogP contribution in [0.4, 0.5) is 21.5 Å². The first-order valence-electron chi connectivity index (χ1n) is 7.56. The van der Waals surface area contributed by atoms with Crippen LogP contribution in [0.15, 0.2) is 48.5 Å². The smallest absolute Gasteiger partial charge is 0.244 e.